The molecule has 0 aromatic carbocycles. The Balaban J connectivity index is 2.75. The molecule has 0 aliphatic heterocycles. The molecular formula is C10H17N3O2S. The van der Waals surface area contributed by atoms with Crippen LogP contribution in [0.2, 0.25) is 0 Å². The van der Waals surface area contributed by atoms with Crippen molar-refractivity contribution in [2.45, 2.75) is 27.3 Å². The summed E-state index contributed by atoms with van der Waals surface area (Å²) in [6, 6.07) is 0. The van der Waals surface area contributed by atoms with E-state index in [0.717, 1.165) is 5.75 Å². The smallest absolute Gasteiger partial charge is 0.265 e. The Bertz CT molecular complexity index is 370. The monoisotopic (exact) mass is 243 g/mol. The maximum Gasteiger partial charge on any atom is 0.306 e. The molecule has 0 fully saturated rings. The lowest BCUT2D eigenvalue weighted by Crippen LogP contribution is -2.26. The number of hydrogen-bond donors (Lipinski definition) is 1. The molecule has 16 heavy (non-hydrogen) atoms. The van der Waals surface area contributed by atoms with E-state index < -0.39 is 4.92 Å². The highest BCUT2D eigenvalue weighted by Crippen LogP contribution is 2.28. The topological polar surface area (TPSA) is 61.0 Å². The van der Waals surface area contributed by atoms with Crippen LogP contribution in [0.25, 0.3) is 0 Å². The number of thiol groups is 1. The molecule has 6 heteroatoms. The molecule has 0 N–H and O–H groups in total. The number of hydrogen-bond acceptors (Lipinski definition) is 4. The summed E-state index contributed by atoms with van der Waals surface area (Å²) in [4.78, 5) is 10.1. The summed E-state index contributed by atoms with van der Waals surface area (Å²) < 4.78 is 1.62. The zero-order chi connectivity index (χ0) is 12.3. The fourth-order valence-electron chi connectivity index (χ4n) is 1.38. The van der Waals surface area contributed by atoms with Crippen LogP contribution >= 0.6 is 12.6 Å². The van der Waals surface area contributed by atoms with Crippen molar-refractivity contribution >= 4 is 18.3 Å². The van der Waals surface area contributed by atoms with Gasteiger partial charge in [-0.1, -0.05) is 20.8 Å². The Labute approximate surface area is 100 Å². The third-order valence-corrected chi connectivity index (χ3v) is 3.12. The van der Waals surface area contributed by atoms with Crippen LogP contribution in [0, 0.1) is 21.4 Å². The fraction of sp³-hybridized carbons (Fsp3) is 0.700. The lowest BCUT2D eigenvalue weighted by atomic mass is 9.82. The molecule has 0 aliphatic rings. The summed E-state index contributed by atoms with van der Waals surface area (Å²) in [7, 11) is 0. The van der Waals surface area contributed by atoms with Crippen molar-refractivity contribution in [3.63, 3.8) is 0 Å². The molecule has 0 saturated carbocycles. The van der Waals surface area contributed by atoms with Crippen molar-refractivity contribution in [3.8, 4) is 0 Å². The summed E-state index contributed by atoms with van der Waals surface area (Å²) in [5.41, 5.74) is 0.148. The first-order chi connectivity index (χ1) is 7.34. The Morgan fingerprint density at radius 2 is 2.25 bits per heavy atom. The molecule has 5 nitrogen and oxygen atoms in total. The maximum absolute atomic E-state index is 10.5. The average molecular weight is 243 g/mol. The van der Waals surface area contributed by atoms with Crippen LogP contribution in [0.4, 0.5) is 5.69 Å². The standard InChI is InChI=1S/C10H17N3O2S/c1-10(2,3)8(7-16)5-12-6-9(4-11-12)13(14)15/h4,6,8,16H,5,7H2,1-3H3. The van der Waals surface area contributed by atoms with Gasteiger partial charge in [0.1, 0.15) is 12.4 Å². The van der Waals surface area contributed by atoms with E-state index in [4.69, 9.17) is 0 Å². The van der Waals surface area contributed by atoms with Crippen LogP contribution in [0.15, 0.2) is 12.4 Å². The highest BCUT2D eigenvalue weighted by atomic mass is 32.1. The van der Waals surface area contributed by atoms with E-state index in [9.17, 15) is 10.1 Å². The maximum atomic E-state index is 10.5. The lowest BCUT2D eigenvalue weighted by Gasteiger charge is -2.29. The summed E-state index contributed by atoms with van der Waals surface area (Å²) in [6.45, 7) is 7.05. The minimum absolute atomic E-state index is 0.0341. The second-order valence-corrected chi connectivity index (χ2v) is 5.29. The van der Waals surface area contributed by atoms with Gasteiger partial charge in [-0.05, 0) is 17.1 Å². The molecule has 90 valence electrons. The molecule has 0 bridgehead atoms. The van der Waals surface area contributed by atoms with Gasteiger partial charge in [-0.2, -0.15) is 17.7 Å². The molecule has 1 rings (SSSR count). The highest BCUT2D eigenvalue weighted by molar-refractivity contribution is 7.80. The molecule has 0 aliphatic carbocycles. The number of nitrogens with zero attached hydrogens (tertiary/aromatic N) is 3. The van der Waals surface area contributed by atoms with E-state index in [1.165, 1.54) is 12.4 Å². The van der Waals surface area contributed by atoms with E-state index >= 15 is 0 Å². The summed E-state index contributed by atoms with van der Waals surface area (Å²) in [6.07, 6.45) is 2.74. The van der Waals surface area contributed by atoms with E-state index in [1.54, 1.807) is 4.68 Å². The molecule has 0 saturated heterocycles. The largest absolute Gasteiger partial charge is 0.306 e. The summed E-state index contributed by atoms with van der Waals surface area (Å²) in [5, 5.41) is 14.5. The van der Waals surface area contributed by atoms with Gasteiger partial charge in [0.25, 0.3) is 0 Å². The average Bonchev–Trinajstić information content (AvgIpc) is 2.60. The van der Waals surface area contributed by atoms with Crippen LogP contribution in [0.1, 0.15) is 20.8 Å². The number of rotatable bonds is 4. The third kappa shape index (κ3) is 3.23. The van der Waals surface area contributed by atoms with E-state index in [0.29, 0.717) is 12.5 Å². The Kier molecular flexibility index (Phi) is 3.96. The van der Waals surface area contributed by atoms with Crippen molar-refractivity contribution in [2.24, 2.45) is 11.3 Å². The summed E-state index contributed by atoms with van der Waals surface area (Å²) in [5.74, 6) is 1.06. The van der Waals surface area contributed by atoms with Gasteiger partial charge >= 0.3 is 5.69 Å². The van der Waals surface area contributed by atoms with Crippen molar-refractivity contribution < 1.29 is 4.92 Å². The number of aromatic nitrogens is 2. The normalized spacial score (nSPS) is 13.8. The van der Waals surface area contributed by atoms with E-state index in [2.05, 4.69) is 38.5 Å². The van der Waals surface area contributed by atoms with Gasteiger partial charge in [-0.15, -0.1) is 0 Å². The van der Waals surface area contributed by atoms with Gasteiger partial charge in [0.05, 0.1) is 4.92 Å². The molecule has 1 atom stereocenters. The van der Waals surface area contributed by atoms with Crippen LogP contribution in [0.3, 0.4) is 0 Å². The summed E-state index contributed by atoms with van der Waals surface area (Å²) >= 11 is 4.31. The molecular weight excluding hydrogens is 226 g/mol. The van der Waals surface area contributed by atoms with E-state index in [1.807, 2.05) is 0 Å². The van der Waals surface area contributed by atoms with Crippen molar-refractivity contribution in [2.75, 3.05) is 5.75 Å². The minimum atomic E-state index is -0.434. The quantitative estimate of drug-likeness (QED) is 0.502. The molecule has 0 radical (unpaired) electrons. The lowest BCUT2D eigenvalue weighted by molar-refractivity contribution is -0.385. The van der Waals surface area contributed by atoms with Crippen molar-refractivity contribution in [1.29, 1.82) is 0 Å². The van der Waals surface area contributed by atoms with Crippen LogP contribution in [0.5, 0.6) is 0 Å². The highest BCUT2D eigenvalue weighted by Gasteiger charge is 2.24. The predicted molar refractivity (Wildman–Crippen MR) is 65.7 cm³/mol. The van der Waals surface area contributed by atoms with Crippen LogP contribution < -0.4 is 0 Å². The Morgan fingerprint density at radius 3 is 2.62 bits per heavy atom. The fourth-order valence-corrected chi connectivity index (χ4v) is 2.04. The Hall–Kier alpha value is -1.04. The molecule has 0 amide bonds. The minimum Gasteiger partial charge on any atom is -0.265 e. The molecule has 1 aromatic heterocycles. The van der Waals surface area contributed by atoms with Crippen LogP contribution in [-0.4, -0.2) is 20.5 Å². The molecule has 1 heterocycles. The van der Waals surface area contributed by atoms with Gasteiger partial charge in [0, 0.05) is 6.54 Å². The van der Waals surface area contributed by atoms with Crippen molar-refractivity contribution in [3.05, 3.63) is 22.5 Å². The Morgan fingerprint density at radius 1 is 1.62 bits per heavy atom. The first kappa shape index (κ1) is 13.0. The second kappa shape index (κ2) is 4.86. The van der Waals surface area contributed by atoms with Gasteiger partial charge < -0.3 is 0 Å². The number of nitro groups is 1. The molecule has 1 unspecified atom stereocenters. The zero-order valence-electron chi connectivity index (χ0n) is 9.75. The first-order valence-corrected chi connectivity index (χ1v) is 5.75. The van der Waals surface area contributed by atoms with Gasteiger partial charge in [-0.25, -0.2) is 0 Å². The first-order valence-electron chi connectivity index (χ1n) is 5.12. The van der Waals surface area contributed by atoms with Crippen LogP contribution in [-0.2, 0) is 6.54 Å². The SMILES string of the molecule is CC(C)(C)C(CS)Cn1cc([N+](=O)[O-])cn1. The second-order valence-electron chi connectivity index (χ2n) is 4.92. The van der Waals surface area contributed by atoms with Gasteiger partial charge in [0.2, 0.25) is 0 Å². The van der Waals surface area contributed by atoms with Crippen molar-refractivity contribution in [1.82, 2.24) is 9.78 Å². The third-order valence-electron chi connectivity index (χ3n) is 2.68. The van der Waals surface area contributed by atoms with Gasteiger partial charge in [-0.3, -0.25) is 14.8 Å². The zero-order valence-corrected chi connectivity index (χ0v) is 10.6. The molecule has 1 aromatic rings. The van der Waals surface area contributed by atoms with E-state index in [-0.39, 0.29) is 11.1 Å². The predicted octanol–water partition coefficient (Wildman–Crippen LogP) is 2.38. The van der Waals surface area contributed by atoms with Gasteiger partial charge in [0.15, 0.2) is 0 Å². The molecule has 0 spiro atoms.